The number of aromatic nitrogens is 1. The van der Waals surface area contributed by atoms with Crippen LogP contribution in [0.3, 0.4) is 0 Å². The molecule has 0 saturated carbocycles. The first-order valence-corrected chi connectivity index (χ1v) is 10.7. The lowest BCUT2D eigenvalue weighted by atomic mass is 9.80. The number of quaternary nitrogens is 1. The van der Waals surface area contributed by atoms with Gasteiger partial charge in [-0.05, 0) is 18.1 Å². The summed E-state index contributed by atoms with van der Waals surface area (Å²) in [5, 5.41) is 44.2. The standard InChI is InChI=1S/C21H25N3O8/c25-15-16(26)18(21(29)30)32-20(17(15)27)24-4-1-10(2-5-24)13(9-24)23-19(28)12-7-11-3-6-31-14(11)8-22-12/h3,6-8,10,13,15-18,20,25-27H,1-2,4-5,9H2,(H-,23,28,29,30)/p+1/t10?,13-,15-,16-,17+,18-,20+,24?/m0/s1. The molecular formula is C21H26N3O8+. The third kappa shape index (κ3) is 3.37. The molecule has 2 aromatic rings. The maximum atomic E-state index is 12.9. The quantitative estimate of drug-likeness (QED) is 0.372. The Bertz CT molecular complexity index is 1030. The Labute approximate surface area is 182 Å². The monoisotopic (exact) mass is 448 g/mol. The second kappa shape index (κ2) is 7.78. The molecule has 4 saturated heterocycles. The van der Waals surface area contributed by atoms with E-state index in [1.165, 1.54) is 12.5 Å². The summed E-state index contributed by atoms with van der Waals surface area (Å²) in [4.78, 5) is 28.6. The Morgan fingerprint density at radius 3 is 2.59 bits per heavy atom. The molecule has 1 amide bonds. The number of ether oxygens (including phenoxy) is 1. The highest BCUT2D eigenvalue weighted by molar-refractivity contribution is 5.95. The van der Waals surface area contributed by atoms with Crippen LogP contribution < -0.4 is 5.32 Å². The summed E-state index contributed by atoms with van der Waals surface area (Å²) in [5.41, 5.74) is 0.853. The third-order valence-electron chi connectivity index (χ3n) is 7.28. The molecule has 0 radical (unpaired) electrons. The predicted molar refractivity (Wildman–Crippen MR) is 107 cm³/mol. The molecule has 4 aliphatic heterocycles. The topological polar surface area (TPSA) is 162 Å². The van der Waals surface area contributed by atoms with Crippen LogP contribution in [-0.4, -0.2) is 98.1 Å². The number of hydrogen-bond acceptors (Lipinski definition) is 8. The molecule has 4 fully saturated rings. The second-order valence-electron chi connectivity index (χ2n) is 9.05. The molecule has 6 heterocycles. The van der Waals surface area contributed by atoms with Gasteiger partial charge in [0.05, 0.1) is 31.6 Å². The molecule has 4 aliphatic rings. The van der Waals surface area contributed by atoms with Gasteiger partial charge in [0.15, 0.2) is 17.8 Å². The number of carbonyl (C=O) groups excluding carboxylic acids is 1. The summed E-state index contributed by atoms with van der Waals surface area (Å²) in [6.45, 7) is 1.65. The zero-order chi connectivity index (χ0) is 22.6. The van der Waals surface area contributed by atoms with Crippen LogP contribution in [-0.2, 0) is 9.53 Å². The molecule has 2 bridgehead atoms. The second-order valence-corrected chi connectivity index (χ2v) is 9.05. The number of nitrogens with zero attached hydrogens (tertiary/aromatic N) is 2. The number of furan rings is 1. The average molecular weight is 448 g/mol. The predicted octanol–water partition coefficient (Wildman–Crippen LogP) is -0.941. The SMILES string of the molecule is O=C(N[C@H]1C[N+]2([C@@H]3O[C@H](C(=O)O)[C@@H](O)[C@H](O)[C@H]3O)CCC1CC2)c1cc2ccoc2cn1. The summed E-state index contributed by atoms with van der Waals surface area (Å²) in [6, 6.07) is 3.18. The van der Waals surface area contributed by atoms with Gasteiger partial charge in [-0.2, -0.15) is 0 Å². The van der Waals surface area contributed by atoms with Crippen LogP contribution in [0.5, 0.6) is 0 Å². The van der Waals surface area contributed by atoms with Crippen molar-refractivity contribution >= 4 is 22.8 Å². The van der Waals surface area contributed by atoms with E-state index in [1.807, 2.05) is 0 Å². The van der Waals surface area contributed by atoms with Crippen LogP contribution in [0.4, 0.5) is 0 Å². The molecule has 6 rings (SSSR count). The average Bonchev–Trinajstić information content (AvgIpc) is 3.26. The van der Waals surface area contributed by atoms with Gasteiger partial charge in [-0.15, -0.1) is 0 Å². The lowest BCUT2D eigenvalue weighted by molar-refractivity contribution is -0.991. The Kier molecular flexibility index (Phi) is 5.18. The van der Waals surface area contributed by atoms with Crippen molar-refractivity contribution in [2.75, 3.05) is 19.6 Å². The molecule has 0 unspecified atom stereocenters. The van der Waals surface area contributed by atoms with E-state index in [0.717, 1.165) is 18.2 Å². The summed E-state index contributed by atoms with van der Waals surface area (Å²) >= 11 is 0. The maximum absolute atomic E-state index is 12.9. The number of amides is 1. The van der Waals surface area contributed by atoms with E-state index in [-0.39, 0.29) is 28.0 Å². The van der Waals surface area contributed by atoms with Crippen LogP contribution in [0.2, 0.25) is 0 Å². The number of pyridine rings is 1. The fourth-order valence-corrected chi connectivity index (χ4v) is 5.50. The number of fused-ring (bicyclic) bond motifs is 4. The van der Waals surface area contributed by atoms with Gasteiger partial charge in [0.1, 0.15) is 24.4 Å². The van der Waals surface area contributed by atoms with E-state index < -0.39 is 36.6 Å². The normalized spacial score (nSPS) is 39.2. The van der Waals surface area contributed by atoms with Crippen molar-refractivity contribution in [2.45, 2.75) is 49.5 Å². The minimum atomic E-state index is -1.72. The number of nitrogens with one attached hydrogen (secondary N) is 1. The molecule has 0 aliphatic carbocycles. The lowest BCUT2D eigenvalue weighted by Crippen LogP contribution is -2.77. The van der Waals surface area contributed by atoms with Crippen molar-refractivity contribution in [1.82, 2.24) is 10.3 Å². The van der Waals surface area contributed by atoms with Gasteiger partial charge in [-0.25, -0.2) is 9.78 Å². The van der Waals surface area contributed by atoms with Crippen LogP contribution in [0.25, 0.3) is 11.0 Å². The first kappa shape index (κ1) is 21.3. The van der Waals surface area contributed by atoms with Gasteiger partial charge in [-0.3, -0.25) is 9.28 Å². The minimum absolute atomic E-state index is 0.213. The minimum Gasteiger partial charge on any atom is -0.479 e. The number of aliphatic hydroxyl groups excluding tert-OH is 3. The van der Waals surface area contributed by atoms with Crippen LogP contribution in [0.15, 0.2) is 29.0 Å². The number of rotatable bonds is 4. The van der Waals surface area contributed by atoms with Crippen molar-refractivity contribution in [2.24, 2.45) is 5.92 Å². The number of aliphatic hydroxyl groups is 3. The van der Waals surface area contributed by atoms with Crippen molar-refractivity contribution < 1.29 is 43.7 Å². The highest BCUT2D eigenvalue weighted by Crippen LogP contribution is 2.40. The van der Waals surface area contributed by atoms with Crippen molar-refractivity contribution in [3.63, 3.8) is 0 Å². The van der Waals surface area contributed by atoms with Crippen molar-refractivity contribution in [1.29, 1.82) is 0 Å². The molecule has 2 aromatic heterocycles. The van der Waals surface area contributed by atoms with Crippen molar-refractivity contribution in [3.05, 3.63) is 30.3 Å². The molecule has 32 heavy (non-hydrogen) atoms. The molecule has 11 nitrogen and oxygen atoms in total. The van der Waals surface area contributed by atoms with E-state index in [0.29, 0.717) is 25.2 Å². The number of carbonyl (C=O) groups is 2. The molecule has 0 spiro atoms. The largest absolute Gasteiger partial charge is 0.479 e. The fraction of sp³-hybridized carbons (Fsp3) is 0.571. The van der Waals surface area contributed by atoms with E-state index in [2.05, 4.69) is 10.3 Å². The number of aliphatic carboxylic acids is 1. The number of carboxylic acid groups (broad SMARTS) is 1. The van der Waals surface area contributed by atoms with E-state index in [4.69, 9.17) is 9.15 Å². The molecule has 6 atom stereocenters. The highest BCUT2D eigenvalue weighted by Gasteiger charge is 2.59. The van der Waals surface area contributed by atoms with E-state index in [9.17, 15) is 30.0 Å². The summed E-state index contributed by atoms with van der Waals surface area (Å²) < 4.78 is 11.1. The van der Waals surface area contributed by atoms with Gasteiger partial charge in [0.25, 0.3) is 5.91 Å². The summed E-state index contributed by atoms with van der Waals surface area (Å²) in [6.07, 6.45) is -2.93. The zero-order valence-corrected chi connectivity index (χ0v) is 17.2. The summed E-state index contributed by atoms with van der Waals surface area (Å²) in [7, 11) is 0. The highest BCUT2D eigenvalue weighted by atomic mass is 16.6. The van der Waals surface area contributed by atoms with Gasteiger partial charge in [0, 0.05) is 18.2 Å². The smallest absolute Gasteiger partial charge is 0.335 e. The molecule has 11 heteroatoms. The van der Waals surface area contributed by atoms with Gasteiger partial charge >= 0.3 is 5.97 Å². The maximum Gasteiger partial charge on any atom is 0.335 e. The Morgan fingerprint density at radius 1 is 1.12 bits per heavy atom. The molecule has 172 valence electrons. The Morgan fingerprint density at radius 2 is 1.88 bits per heavy atom. The number of carboxylic acids is 1. The third-order valence-corrected chi connectivity index (χ3v) is 7.28. The van der Waals surface area contributed by atoms with Crippen LogP contribution in [0.1, 0.15) is 23.3 Å². The molecule has 0 aromatic carbocycles. The Balaban J connectivity index is 1.36. The zero-order valence-electron chi connectivity index (χ0n) is 17.2. The lowest BCUT2D eigenvalue weighted by Gasteiger charge is -2.58. The molecular weight excluding hydrogens is 422 g/mol. The van der Waals surface area contributed by atoms with Crippen molar-refractivity contribution in [3.8, 4) is 0 Å². The first-order valence-electron chi connectivity index (χ1n) is 10.7. The van der Waals surface area contributed by atoms with E-state index in [1.54, 1.807) is 12.1 Å². The van der Waals surface area contributed by atoms with E-state index >= 15 is 0 Å². The number of hydrogen-bond donors (Lipinski definition) is 5. The van der Waals surface area contributed by atoms with Gasteiger partial charge in [-0.1, -0.05) is 0 Å². The van der Waals surface area contributed by atoms with Crippen LogP contribution >= 0.6 is 0 Å². The number of piperidine rings is 3. The van der Waals surface area contributed by atoms with Crippen LogP contribution in [0, 0.1) is 5.92 Å². The Hall–Kier alpha value is -2.57. The molecule has 5 N–H and O–H groups in total. The van der Waals surface area contributed by atoms with Gasteiger partial charge < -0.3 is 34.9 Å². The van der Waals surface area contributed by atoms with Gasteiger partial charge in [0.2, 0.25) is 6.23 Å². The summed E-state index contributed by atoms with van der Waals surface area (Å²) in [5.74, 6) is -1.48. The first-order chi connectivity index (χ1) is 15.3. The fourth-order valence-electron chi connectivity index (χ4n) is 5.50.